The maximum atomic E-state index is 11.8. The smallest absolute Gasteiger partial charge is 0.324 e. The SMILES string of the molecule is Cn1c(CO)cnc1SCC(=O)N1CCNC1=O. The van der Waals surface area contributed by atoms with Crippen molar-refractivity contribution in [3.8, 4) is 0 Å². The number of urea groups is 1. The number of aliphatic hydroxyl groups is 1. The molecule has 2 rings (SSSR count). The highest BCUT2D eigenvalue weighted by atomic mass is 32.2. The Hall–Kier alpha value is -1.54. The van der Waals surface area contributed by atoms with Crippen molar-refractivity contribution >= 4 is 23.7 Å². The predicted molar refractivity (Wildman–Crippen MR) is 65.0 cm³/mol. The Balaban J connectivity index is 1.93. The average molecular weight is 270 g/mol. The third kappa shape index (κ3) is 2.49. The lowest BCUT2D eigenvalue weighted by molar-refractivity contribution is -0.124. The zero-order valence-corrected chi connectivity index (χ0v) is 10.7. The highest BCUT2D eigenvalue weighted by molar-refractivity contribution is 7.99. The van der Waals surface area contributed by atoms with Gasteiger partial charge in [0.05, 0.1) is 24.3 Å². The third-order valence-corrected chi connectivity index (χ3v) is 3.72. The molecule has 1 aromatic rings. The van der Waals surface area contributed by atoms with Crippen molar-refractivity contribution in [2.45, 2.75) is 11.8 Å². The molecule has 2 heterocycles. The molecule has 0 radical (unpaired) electrons. The van der Waals surface area contributed by atoms with Gasteiger partial charge < -0.3 is 15.0 Å². The van der Waals surface area contributed by atoms with E-state index in [0.717, 1.165) is 0 Å². The molecule has 8 heteroatoms. The molecule has 0 spiro atoms. The van der Waals surface area contributed by atoms with E-state index < -0.39 is 0 Å². The van der Waals surface area contributed by atoms with E-state index in [1.807, 2.05) is 0 Å². The van der Waals surface area contributed by atoms with Crippen LogP contribution in [-0.2, 0) is 18.4 Å². The summed E-state index contributed by atoms with van der Waals surface area (Å²) in [6.07, 6.45) is 1.56. The Kier molecular flexibility index (Phi) is 3.87. The number of imidazole rings is 1. The number of nitrogens with zero attached hydrogens (tertiary/aromatic N) is 3. The summed E-state index contributed by atoms with van der Waals surface area (Å²) in [7, 11) is 1.77. The van der Waals surface area contributed by atoms with E-state index in [4.69, 9.17) is 5.11 Å². The van der Waals surface area contributed by atoms with E-state index in [0.29, 0.717) is 23.9 Å². The second-order valence-electron chi connectivity index (χ2n) is 3.82. The van der Waals surface area contributed by atoms with Crippen LogP contribution >= 0.6 is 11.8 Å². The molecule has 0 aliphatic carbocycles. The number of imide groups is 1. The zero-order valence-electron chi connectivity index (χ0n) is 9.92. The van der Waals surface area contributed by atoms with Gasteiger partial charge in [-0.1, -0.05) is 11.8 Å². The monoisotopic (exact) mass is 270 g/mol. The quantitative estimate of drug-likeness (QED) is 0.724. The van der Waals surface area contributed by atoms with E-state index >= 15 is 0 Å². The molecule has 18 heavy (non-hydrogen) atoms. The molecule has 2 N–H and O–H groups in total. The Bertz CT molecular complexity index is 474. The van der Waals surface area contributed by atoms with Gasteiger partial charge in [0.2, 0.25) is 5.91 Å². The van der Waals surface area contributed by atoms with Gasteiger partial charge in [-0.05, 0) is 0 Å². The van der Waals surface area contributed by atoms with Crippen LogP contribution in [0.15, 0.2) is 11.4 Å². The highest BCUT2D eigenvalue weighted by Gasteiger charge is 2.26. The summed E-state index contributed by atoms with van der Waals surface area (Å²) in [5.41, 5.74) is 0.684. The molecule has 0 unspecified atom stereocenters. The van der Waals surface area contributed by atoms with Crippen LogP contribution in [0.4, 0.5) is 4.79 Å². The van der Waals surface area contributed by atoms with Gasteiger partial charge in [-0.25, -0.2) is 9.78 Å². The first-order valence-corrected chi connectivity index (χ1v) is 6.44. The van der Waals surface area contributed by atoms with Crippen molar-refractivity contribution in [3.05, 3.63) is 11.9 Å². The zero-order chi connectivity index (χ0) is 13.1. The van der Waals surface area contributed by atoms with Crippen molar-refractivity contribution in [2.24, 2.45) is 7.05 Å². The topological polar surface area (TPSA) is 87.5 Å². The van der Waals surface area contributed by atoms with Gasteiger partial charge in [0.25, 0.3) is 0 Å². The Morgan fingerprint density at radius 3 is 3.00 bits per heavy atom. The first kappa shape index (κ1) is 12.9. The number of thioether (sulfide) groups is 1. The van der Waals surface area contributed by atoms with Gasteiger partial charge in [-0.2, -0.15) is 0 Å². The van der Waals surface area contributed by atoms with Crippen LogP contribution in [0.1, 0.15) is 5.69 Å². The van der Waals surface area contributed by atoms with Gasteiger partial charge >= 0.3 is 6.03 Å². The molecule has 1 fully saturated rings. The summed E-state index contributed by atoms with van der Waals surface area (Å²) < 4.78 is 1.72. The Labute approximate surface area is 108 Å². The number of aromatic nitrogens is 2. The van der Waals surface area contributed by atoms with Gasteiger partial charge in [-0.15, -0.1) is 0 Å². The maximum absolute atomic E-state index is 11.8. The highest BCUT2D eigenvalue weighted by Crippen LogP contribution is 2.18. The summed E-state index contributed by atoms with van der Waals surface area (Å²) >= 11 is 1.25. The number of nitrogens with one attached hydrogen (secondary N) is 1. The standard InChI is InChI=1S/C10H14N4O3S/c1-13-7(5-15)4-12-10(13)18-6-8(16)14-3-2-11-9(14)17/h4,15H,2-3,5-6H2,1H3,(H,11,17). The first-order chi connectivity index (χ1) is 8.63. The summed E-state index contributed by atoms with van der Waals surface area (Å²) in [4.78, 5) is 28.3. The van der Waals surface area contributed by atoms with Gasteiger partial charge in [-0.3, -0.25) is 9.69 Å². The summed E-state index contributed by atoms with van der Waals surface area (Å²) in [6.45, 7) is 0.833. The normalized spacial score (nSPS) is 15.0. The number of carbonyl (C=O) groups is 2. The molecule has 1 aliphatic heterocycles. The Morgan fingerprint density at radius 1 is 1.67 bits per heavy atom. The first-order valence-electron chi connectivity index (χ1n) is 5.46. The van der Waals surface area contributed by atoms with E-state index in [9.17, 15) is 9.59 Å². The largest absolute Gasteiger partial charge is 0.390 e. The second-order valence-corrected chi connectivity index (χ2v) is 4.76. The molecule has 3 amide bonds. The average Bonchev–Trinajstić information content (AvgIpc) is 2.93. The van der Waals surface area contributed by atoms with Gasteiger partial charge in [0.15, 0.2) is 5.16 Å². The number of aliphatic hydroxyl groups excluding tert-OH is 1. The minimum absolute atomic E-state index is 0.0907. The number of rotatable bonds is 4. The maximum Gasteiger partial charge on any atom is 0.324 e. The van der Waals surface area contributed by atoms with Crippen molar-refractivity contribution < 1.29 is 14.7 Å². The fraction of sp³-hybridized carbons (Fsp3) is 0.500. The molecule has 0 atom stereocenters. The molecule has 1 aliphatic rings. The molecular formula is C10H14N4O3S. The van der Waals surface area contributed by atoms with E-state index in [1.165, 1.54) is 16.7 Å². The molecule has 0 saturated carbocycles. The lowest BCUT2D eigenvalue weighted by Gasteiger charge is -2.11. The van der Waals surface area contributed by atoms with Crippen molar-refractivity contribution in [3.63, 3.8) is 0 Å². The van der Waals surface area contributed by atoms with E-state index in [2.05, 4.69) is 10.3 Å². The Morgan fingerprint density at radius 2 is 2.44 bits per heavy atom. The molecule has 1 aromatic heterocycles. The molecule has 7 nitrogen and oxygen atoms in total. The number of amides is 3. The van der Waals surface area contributed by atoms with Gasteiger partial charge in [0, 0.05) is 20.1 Å². The number of carbonyl (C=O) groups excluding carboxylic acids is 2. The van der Waals surface area contributed by atoms with Crippen molar-refractivity contribution in [1.29, 1.82) is 0 Å². The van der Waals surface area contributed by atoms with E-state index in [1.54, 1.807) is 17.8 Å². The van der Waals surface area contributed by atoms with Crippen LogP contribution in [0, 0.1) is 0 Å². The van der Waals surface area contributed by atoms with Crippen LogP contribution < -0.4 is 5.32 Å². The van der Waals surface area contributed by atoms with Crippen LogP contribution in [0.25, 0.3) is 0 Å². The van der Waals surface area contributed by atoms with Crippen LogP contribution in [0.2, 0.25) is 0 Å². The van der Waals surface area contributed by atoms with Crippen LogP contribution in [0.3, 0.4) is 0 Å². The fourth-order valence-electron chi connectivity index (χ4n) is 1.62. The van der Waals surface area contributed by atoms with E-state index in [-0.39, 0.29) is 24.3 Å². The predicted octanol–water partition coefficient (Wildman–Crippen LogP) is -0.444. The molecule has 98 valence electrons. The van der Waals surface area contributed by atoms with Gasteiger partial charge in [0.1, 0.15) is 0 Å². The summed E-state index contributed by atoms with van der Waals surface area (Å²) in [5, 5.41) is 12.2. The molecule has 0 bridgehead atoms. The minimum Gasteiger partial charge on any atom is -0.390 e. The van der Waals surface area contributed by atoms with Crippen molar-refractivity contribution in [1.82, 2.24) is 19.8 Å². The number of hydrogen-bond acceptors (Lipinski definition) is 5. The van der Waals surface area contributed by atoms with Crippen molar-refractivity contribution in [2.75, 3.05) is 18.8 Å². The third-order valence-electron chi connectivity index (χ3n) is 2.69. The van der Waals surface area contributed by atoms with Crippen LogP contribution in [0.5, 0.6) is 0 Å². The second kappa shape index (κ2) is 5.40. The summed E-state index contributed by atoms with van der Waals surface area (Å²) in [5.74, 6) is -0.0769. The molecule has 0 aromatic carbocycles. The minimum atomic E-state index is -0.337. The summed E-state index contributed by atoms with van der Waals surface area (Å²) in [6, 6.07) is -0.337. The molecule has 1 saturated heterocycles. The lowest BCUT2D eigenvalue weighted by atomic mass is 10.5. The molecular weight excluding hydrogens is 256 g/mol. The number of hydrogen-bond donors (Lipinski definition) is 2. The van der Waals surface area contributed by atoms with Crippen LogP contribution in [-0.4, -0.2) is 50.3 Å². The fourth-order valence-corrected chi connectivity index (χ4v) is 2.47. The lowest BCUT2D eigenvalue weighted by Crippen LogP contribution is -2.35.